The first-order valence-corrected chi connectivity index (χ1v) is 6.78. The van der Waals surface area contributed by atoms with Crippen molar-refractivity contribution in [2.24, 2.45) is 0 Å². The van der Waals surface area contributed by atoms with Gasteiger partial charge in [0.1, 0.15) is 5.75 Å². The van der Waals surface area contributed by atoms with Crippen LogP contribution in [0.3, 0.4) is 0 Å². The zero-order chi connectivity index (χ0) is 13.5. The highest BCUT2D eigenvalue weighted by atomic mass is 16.5. The molecule has 0 amide bonds. The average molecular weight is 251 g/mol. The smallest absolute Gasteiger partial charge is 0.123 e. The number of nitrogens with zero attached hydrogens (tertiary/aromatic N) is 1. The molecule has 0 aromatic heterocycles. The molecule has 1 N–H and O–H groups in total. The van der Waals surface area contributed by atoms with Crippen molar-refractivity contribution in [3.63, 3.8) is 0 Å². The normalized spacial score (nSPS) is 15.9. The van der Waals surface area contributed by atoms with Crippen LogP contribution in [0.15, 0.2) is 18.2 Å². The van der Waals surface area contributed by atoms with Gasteiger partial charge in [-0.15, -0.1) is 0 Å². The van der Waals surface area contributed by atoms with Gasteiger partial charge in [0.25, 0.3) is 0 Å². The molecule has 1 aliphatic rings. The van der Waals surface area contributed by atoms with E-state index in [1.165, 1.54) is 5.69 Å². The monoisotopic (exact) mass is 251 g/mol. The van der Waals surface area contributed by atoms with E-state index in [1.807, 2.05) is 20.8 Å². The Labute approximate surface area is 110 Å². The molecule has 0 aliphatic carbocycles. The van der Waals surface area contributed by atoms with Crippen LogP contribution in [0.1, 0.15) is 32.3 Å². The number of ether oxygens (including phenoxy) is 1. The molecule has 3 heteroatoms. The Morgan fingerprint density at radius 2 is 1.83 bits per heavy atom. The fourth-order valence-electron chi connectivity index (χ4n) is 2.13. The molecular formula is C15H25NO2. The number of anilines is 1. The first-order valence-electron chi connectivity index (χ1n) is 6.78. The van der Waals surface area contributed by atoms with Crippen molar-refractivity contribution in [3.8, 4) is 5.75 Å². The van der Waals surface area contributed by atoms with E-state index in [-0.39, 0.29) is 6.10 Å². The van der Waals surface area contributed by atoms with Gasteiger partial charge in [-0.3, -0.25) is 0 Å². The summed E-state index contributed by atoms with van der Waals surface area (Å²) in [7, 11) is 1.70. The van der Waals surface area contributed by atoms with Gasteiger partial charge in [-0.25, -0.2) is 0 Å². The highest BCUT2D eigenvalue weighted by molar-refractivity contribution is 5.53. The van der Waals surface area contributed by atoms with Crippen LogP contribution in [0.2, 0.25) is 0 Å². The van der Waals surface area contributed by atoms with Gasteiger partial charge in [0.15, 0.2) is 0 Å². The Hall–Kier alpha value is -1.22. The Kier molecular flexibility index (Phi) is 5.99. The molecule has 1 fully saturated rings. The van der Waals surface area contributed by atoms with Crippen LogP contribution in [0, 0.1) is 6.92 Å². The summed E-state index contributed by atoms with van der Waals surface area (Å²) >= 11 is 0. The number of hydrogen-bond donors (Lipinski definition) is 1. The number of benzene rings is 1. The van der Waals surface area contributed by atoms with Gasteiger partial charge in [-0.1, -0.05) is 19.9 Å². The van der Waals surface area contributed by atoms with E-state index in [0.29, 0.717) is 0 Å². The van der Waals surface area contributed by atoms with Crippen molar-refractivity contribution in [2.45, 2.75) is 39.7 Å². The highest BCUT2D eigenvalue weighted by Gasteiger charge is 2.17. The lowest BCUT2D eigenvalue weighted by Gasteiger charge is -2.31. The molecule has 1 aromatic carbocycles. The number of rotatable bonds is 2. The highest BCUT2D eigenvalue weighted by Crippen LogP contribution is 2.27. The lowest BCUT2D eigenvalue weighted by molar-refractivity contribution is 0.145. The molecule has 0 bridgehead atoms. The number of aliphatic hydroxyl groups is 1. The summed E-state index contributed by atoms with van der Waals surface area (Å²) in [5.41, 5.74) is 2.35. The lowest BCUT2D eigenvalue weighted by atomic mass is 10.1. The van der Waals surface area contributed by atoms with E-state index in [4.69, 9.17) is 4.74 Å². The van der Waals surface area contributed by atoms with Crippen LogP contribution in [0.25, 0.3) is 0 Å². The molecule has 2 rings (SSSR count). The zero-order valence-corrected chi connectivity index (χ0v) is 11.9. The predicted molar refractivity (Wildman–Crippen MR) is 76.5 cm³/mol. The molecule has 3 nitrogen and oxygen atoms in total. The molecule has 0 atom stereocenters. The van der Waals surface area contributed by atoms with Crippen LogP contribution in [0.5, 0.6) is 5.75 Å². The average Bonchev–Trinajstić information content (AvgIpc) is 2.43. The van der Waals surface area contributed by atoms with Crippen LogP contribution in [-0.4, -0.2) is 31.4 Å². The topological polar surface area (TPSA) is 32.7 Å². The molecule has 0 unspecified atom stereocenters. The molecule has 1 heterocycles. The first-order chi connectivity index (χ1) is 8.70. The Bertz CT molecular complexity index is 358. The summed E-state index contributed by atoms with van der Waals surface area (Å²) in [6.45, 7) is 7.89. The summed E-state index contributed by atoms with van der Waals surface area (Å²) in [6.07, 6.45) is 1.59. The van der Waals surface area contributed by atoms with Crippen molar-refractivity contribution < 1.29 is 9.84 Å². The number of methoxy groups -OCH3 is 1. The van der Waals surface area contributed by atoms with Crippen molar-refractivity contribution in [2.75, 3.05) is 25.1 Å². The number of aryl methyl sites for hydroxylation is 1. The van der Waals surface area contributed by atoms with Crippen LogP contribution in [0.4, 0.5) is 5.69 Å². The molecule has 1 saturated heterocycles. The summed E-state index contributed by atoms with van der Waals surface area (Å²) in [4.78, 5) is 2.30. The third-order valence-corrected chi connectivity index (χ3v) is 3.22. The van der Waals surface area contributed by atoms with Crippen molar-refractivity contribution in [1.82, 2.24) is 0 Å². The van der Waals surface area contributed by atoms with Gasteiger partial charge in [0, 0.05) is 24.8 Å². The van der Waals surface area contributed by atoms with Crippen molar-refractivity contribution >= 4 is 5.69 Å². The second kappa shape index (κ2) is 7.27. The van der Waals surface area contributed by atoms with E-state index >= 15 is 0 Å². The summed E-state index contributed by atoms with van der Waals surface area (Å²) < 4.78 is 5.32. The summed E-state index contributed by atoms with van der Waals surface area (Å²) in [5.74, 6) is 0.934. The van der Waals surface area contributed by atoms with Crippen molar-refractivity contribution in [1.29, 1.82) is 0 Å². The van der Waals surface area contributed by atoms with E-state index in [1.54, 1.807) is 7.11 Å². The fourth-order valence-corrected chi connectivity index (χ4v) is 2.13. The predicted octanol–water partition coefficient (Wildman–Crippen LogP) is 2.99. The second-order valence-electron chi connectivity index (χ2n) is 4.37. The Balaban J connectivity index is 0.000000771. The maximum atomic E-state index is 9.47. The van der Waals surface area contributed by atoms with E-state index in [0.717, 1.165) is 37.2 Å². The largest absolute Gasteiger partial charge is 0.496 e. The minimum atomic E-state index is -0.122. The van der Waals surface area contributed by atoms with Crippen LogP contribution in [-0.2, 0) is 0 Å². The second-order valence-corrected chi connectivity index (χ2v) is 4.37. The van der Waals surface area contributed by atoms with Gasteiger partial charge in [-0.05, 0) is 31.4 Å². The standard InChI is InChI=1S/C13H19NO2.C2H6/c1-10-3-4-11(9-13(10)16-2)14-7-5-12(15)6-8-14;1-2/h3-4,9,12,15H,5-8H2,1-2H3;1-2H3. The van der Waals surface area contributed by atoms with Gasteiger partial charge < -0.3 is 14.7 Å². The molecule has 18 heavy (non-hydrogen) atoms. The van der Waals surface area contributed by atoms with Gasteiger partial charge >= 0.3 is 0 Å². The molecular weight excluding hydrogens is 226 g/mol. The van der Waals surface area contributed by atoms with E-state index in [9.17, 15) is 5.11 Å². The molecule has 0 saturated carbocycles. The van der Waals surface area contributed by atoms with Crippen molar-refractivity contribution in [3.05, 3.63) is 23.8 Å². The Morgan fingerprint density at radius 3 is 2.39 bits per heavy atom. The minimum Gasteiger partial charge on any atom is -0.496 e. The van der Waals surface area contributed by atoms with Crippen LogP contribution >= 0.6 is 0 Å². The summed E-state index contributed by atoms with van der Waals surface area (Å²) in [5, 5.41) is 9.47. The summed E-state index contributed by atoms with van der Waals surface area (Å²) in [6, 6.07) is 6.28. The number of piperidine rings is 1. The third kappa shape index (κ3) is 3.64. The zero-order valence-electron chi connectivity index (χ0n) is 11.9. The SMILES string of the molecule is CC.COc1cc(N2CCC(O)CC2)ccc1C. The quantitative estimate of drug-likeness (QED) is 0.877. The minimum absolute atomic E-state index is 0.122. The van der Waals surface area contributed by atoms with E-state index < -0.39 is 0 Å². The van der Waals surface area contributed by atoms with E-state index in [2.05, 4.69) is 23.1 Å². The maximum Gasteiger partial charge on any atom is 0.123 e. The van der Waals surface area contributed by atoms with Gasteiger partial charge in [0.05, 0.1) is 13.2 Å². The van der Waals surface area contributed by atoms with Gasteiger partial charge in [-0.2, -0.15) is 0 Å². The first kappa shape index (κ1) is 14.8. The third-order valence-electron chi connectivity index (χ3n) is 3.22. The number of hydrogen-bond acceptors (Lipinski definition) is 3. The molecule has 1 aliphatic heterocycles. The molecule has 0 radical (unpaired) electrons. The molecule has 1 aromatic rings. The maximum absolute atomic E-state index is 9.47. The fraction of sp³-hybridized carbons (Fsp3) is 0.600. The van der Waals surface area contributed by atoms with Gasteiger partial charge in [0.2, 0.25) is 0 Å². The molecule has 102 valence electrons. The Morgan fingerprint density at radius 1 is 1.22 bits per heavy atom. The molecule has 0 spiro atoms. The lowest BCUT2D eigenvalue weighted by Crippen LogP contribution is -2.35. The van der Waals surface area contributed by atoms with Crippen LogP contribution < -0.4 is 9.64 Å². The number of aliphatic hydroxyl groups excluding tert-OH is 1.